The van der Waals surface area contributed by atoms with Crippen LogP contribution in [0.5, 0.6) is 0 Å². The summed E-state index contributed by atoms with van der Waals surface area (Å²) in [5, 5.41) is 5.51. The van der Waals surface area contributed by atoms with Gasteiger partial charge in [0.15, 0.2) is 0 Å². The number of methoxy groups -OCH3 is 2. The summed E-state index contributed by atoms with van der Waals surface area (Å²) in [5.41, 5.74) is 15.7. The predicted molar refractivity (Wildman–Crippen MR) is 267 cm³/mol. The average Bonchev–Trinajstić information content (AvgIpc) is 4.23. The van der Waals surface area contributed by atoms with Gasteiger partial charge in [-0.15, -0.1) is 0 Å². The first-order valence-corrected chi connectivity index (χ1v) is 25.8. The van der Waals surface area contributed by atoms with Crippen LogP contribution in [0.2, 0.25) is 0 Å². The van der Waals surface area contributed by atoms with Gasteiger partial charge in [-0.2, -0.15) is 0 Å². The van der Waals surface area contributed by atoms with Gasteiger partial charge in [0.25, 0.3) is 0 Å². The summed E-state index contributed by atoms with van der Waals surface area (Å²) in [5.74, 6) is 3.31. The van der Waals surface area contributed by atoms with Crippen LogP contribution in [0.1, 0.15) is 162 Å². The van der Waals surface area contributed by atoms with Crippen molar-refractivity contribution in [1.82, 2.24) is 40.4 Å². The number of benzene rings is 3. The highest BCUT2D eigenvalue weighted by Crippen LogP contribution is 2.62. The topological polar surface area (TPSA) is 175 Å². The second-order valence-corrected chi connectivity index (χ2v) is 21.4. The Morgan fingerprint density at radius 1 is 0.543 bits per heavy atom. The molecule has 2 aromatic heterocycles. The maximum atomic E-state index is 13.9. The highest BCUT2D eigenvalue weighted by molar-refractivity contribution is 5.88. The summed E-state index contributed by atoms with van der Waals surface area (Å²) >= 11 is 0. The van der Waals surface area contributed by atoms with Crippen LogP contribution in [0.25, 0.3) is 44.8 Å². The number of alkyl carbamates (subject to hydrolysis) is 2. The van der Waals surface area contributed by atoms with Crippen LogP contribution in [-0.4, -0.2) is 93.1 Å². The lowest BCUT2D eigenvalue weighted by molar-refractivity contribution is -0.136. The first-order chi connectivity index (χ1) is 33.9. The number of ether oxygens (including phenoxy) is 2. The fourth-order valence-corrected chi connectivity index (χ4v) is 13.5. The second kappa shape index (κ2) is 18.4. The van der Waals surface area contributed by atoms with Gasteiger partial charge in [0, 0.05) is 18.7 Å². The molecule has 4 amide bonds. The number of carbonyl (C=O) groups is 4. The van der Waals surface area contributed by atoms with Crippen LogP contribution in [0.15, 0.2) is 60.9 Å². The van der Waals surface area contributed by atoms with Crippen LogP contribution in [0.3, 0.4) is 0 Å². The van der Waals surface area contributed by atoms with E-state index in [0.29, 0.717) is 36.8 Å². The van der Waals surface area contributed by atoms with Crippen LogP contribution in [-0.2, 0) is 19.1 Å². The molecule has 4 bridgehead atoms. The van der Waals surface area contributed by atoms with Crippen LogP contribution in [0.4, 0.5) is 9.59 Å². The molecule has 0 radical (unpaired) electrons. The van der Waals surface area contributed by atoms with Gasteiger partial charge in [-0.25, -0.2) is 19.6 Å². The minimum Gasteiger partial charge on any atom is -0.453 e. The second-order valence-electron chi connectivity index (χ2n) is 21.4. The zero-order valence-electron chi connectivity index (χ0n) is 41.3. The summed E-state index contributed by atoms with van der Waals surface area (Å²) < 4.78 is 9.67. The maximum Gasteiger partial charge on any atom is 0.407 e. The number of nitrogens with one attached hydrogen (secondary N) is 4. The minimum absolute atomic E-state index is 0.0976. The Kier molecular flexibility index (Phi) is 12.1. The van der Waals surface area contributed by atoms with E-state index in [1.807, 2.05) is 49.9 Å². The van der Waals surface area contributed by atoms with Gasteiger partial charge in [-0.3, -0.25) is 9.59 Å². The third-order valence-electron chi connectivity index (χ3n) is 16.8. The van der Waals surface area contributed by atoms with E-state index in [2.05, 4.69) is 69.1 Å². The lowest BCUT2D eigenvalue weighted by Crippen LogP contribution is -2.51. The van der Waals surface area contributed by atoms with E-state index in [1.165, 1.54) is 97.3 Å². The quantitative estimate of drug-likeness (QED) is 0.0956. The third kappa shape index (κ3) is 7.85. The summed E-state index contributed by atoms with van der Waals surface area (Å²) in [6, 6.07) is 16.7. The van der Waals surface area contributed by atoms with E-state index in [9.17, 15) is 19.2 Å². The van der Waals surface area contributed by atoms with E-state index < -0.39 is 24.3 Å². The van der Waals surface area contributed by atoms with Gasteiger partial charge in [-0.05, 0) is 150 Å². The number of amides is 4. The van der Waals surface area contributed by atoms with Gasteiger partial charge in [-0.1, -0.05) is 76.2 Å². The largest absolute Gasteiger partial charge is 0.453 e. The maximum absolute atomic E-state index is 13.9. The Hall–Kier alpha value is -6.44. The molecule has 366 valence electrons. The molecule has 2 saturated carbocycles. The number of nitrogens with zero attached hydrogens (tertiary/aromatic N) is 4. The van der Waals surface area contributed by atoms with Crippen molar-refractivity contribution in [2.45, 2.75) is 140 Å². The van der Waals surface area contributed by atoms with Crippen molar-refractivity contribution >= 4 is 24.0 Å². The molecule has 4 fully saturated rings. The lowest BCUT2D eigenvalue weighted by atomic mass is 9.77. The molecule has 11 rings (SSSR count). The van der Waals surface area contributed by atoms with Gasteiger partial charge in [0.05, 0.1) is 50.1 Å². The Morgan fingerprint density at radius 2 is 0.943 bits per heavy atom. The number of hydrogen-bond acceptors (Lipinski definition) is 8. The normalized spacial score (nSPS) is 23.8. The standard InChI is InChI=1S/C56H66N8O6/c1-29(2)49(61-55(67)69-5)53(65)63-23-7-9-43(63)51-57-27-41(59-51)32-13-11-31(12-14-32)37-19-20-38(46-34-16-15-33(25-34)45(37)46)39-21-22-40(48-36-18-17-35(26-36)47(39)48)42-28-58-52(60-42)44-10-8-24-64(44)54(66)50(30(3)4)62-56(68)70-6/h11-14,19-22,27-30,33-36,43-44,49-50H,7-10,15-18,23-26H2,1-6H3,(H,57,59)(H,58,60)(H,61,67)(H,62,68)/t33?,34?,35?,36?,43-,44-,49-,50+/m0/s1. The number of aromatic nitrogens is 4. The fraction of sp³-hybridized carbons (Fsp3) is 0.500. The van der Waals surface area contributed by atoms with Gasteiger partial charge in [0.2, 0.25) is 11.8 Å². The number of rotatable bonds is 12. The molecule has 8 atom stereocenters. The summed E-state index contributed by atoms with van der Waals surface area (Å²) in [6.45, 7) is 8.95. The number of hydrogen-bond donors (Lipinski definition) is 4. The molecule has 4 N–H and O–H groups in total. The number of likely N-dealkylation sites (tertiary alicyclic amines) is 2. The summed E-state index contributed by atoms with van der Waals surface area (Å²) in [7, 11) is 2.63. The van der Waals surface area contributed by atoms with Crippen LogP contribution < -0.4 is 10.6 Å². The number of H-pyrrole nitrogens is 2. The molecule has 0 spiro atoms. The predicted octanol–water partition coefficient (Wildman–Crippen LogP) is 10.6. The van der Waals surface area contributed by atoms with E-state index in [4.69, 9.17) is 19.4 Å². The first kappa shape index (κ1) is 46.0. The van der Waals surface area contributed by atoms with Gasteiger partial charge in [0.1, 0.15) is 23.7 Å². The average molecular weight is 947 g/mol. The van der Waals surface area contributed by atoms with E-state index >= 15 is 0 Å². The summed E-state index contributed by atoms with van der Waals surface area (Å²) in [6.07, 6.45) is 13.3. The van der Waals surface area contributed by atoms with Crippen LogP contribution >= 0.6 is 0 Å². The molecule has 4 heterocycles. The number of carbonyl (C=O) groups excluding carboxylic acids is 4. The Labute approximate surface area is 410 Å². The highest BCUT2D eigenvalue weighted by atomic mass is 16.5. The Bertz CT molecular complexity index is 2850. The molecule has 2 aliphatic heterocycles. The Balaban J connectivity index is 0.863. The van der Waals surface area contributed by atoms with E-state index in [-0.39, 0.29) is 35.7 Å². The number of imidazole rings is 2. The van der Waals surface area contributed by atoms with Crippen molar-refractivity contribution < 1.29 is 28.7 Å². The van der Waals surface area contributed by atoms with Crippen molar-refractivity contribution in [3.63, 3.8) is 0 Å². The molecule has 6 aliphatic rings. The van der Waals surface area contributed by atoms with Gasteiger partial charge >= 0.3 is 12.2 Å². The van der Waals surface area contributed by atoms with Crippen molar-refractivity contribution in [1.29, 1.82) is 0 Å². The van der Waals surface area contributed by atoms with Gasteiger partial charge < -0.3 is 39.9 Å². The molecule has 14 heteroatoms. The zero-order valence-corrected chi connectivity index (χ0v) is 41.3. The number of fused-ring (bicyclic) bond motifs is 10. The molecule has 4 unspecified atom stereocenters. The first-order valence-electron chi connectivity index (χ1n) is 25.8. The van der Waals surface area contributed by atoms with Crippen molar-refractivity contribution in [3.05, 3.63) is 94.8 Å². The zero-order chi connectivity index (χ0) is 48.5. The van der Waals surface area contributed by atoms with Crippen LogP contribution in [0, 0.1) is 11.8 Å². The van der Waals surface area contributed by atoms with Crippen molar-refractivity contribution in [3.8, 4) is 44.8 Å². The smallest absolute Gasteiger partial charge is 0.407 e. The van der Waals surface area contributed by atoms with Crippen molar-refractivity contribution in [2.24, 2.45) is 11.8 Å². The minimum atomic E-state index is -0.682. The molecule has 3 aromatic carbocycles. The molecule has 14 nitrogen and oxygen atoms in total. The summed E-state index contributed by atoms with van der Waals surface area (Å²) in [4.78, 5) is 72.7. The third-order valence-corrected chi connectivity index (χ3v) is 16.8. The van der Waals surface area contributed by atoms with E-state index in [0.717, 1.165) is 54.3 Å². The number of aromatic amines is 2. The molecule has 2 saturated heterocycles. The highest BCUT2D eigenvalue weighted by Gasteiger charge is 2.45. The molecule has 5 aromatic rings. The molecular weight excluding hydrogens is 881 g/mol. The van der Waals surface area contributed by atoms with E-state index in [1.54, 1.807) is 5.56 Å². The molecule has 70 heavy (non-hydrogen) atoms. The Morgan fingerprint density at radius 3 is 1.41 bits per heavy atom. The monoisotopic (exact) mass is 947 g/mol. The molecule has 4 aliphatic carbocycles. The SMILES string of the molecule is COC(=O)N[C@H](C(=O)N1CCC[C@H]1c1ncc(-c2ccc(-c3ccc(-c4ccc(-c5cnc([C@@H]6CCCN6C(=O)[C@H](NC(=O)OC)C(C)C)[nH]5)c5c4C4CCC5C4)c4c3C3CCC4C3)cc2)[nH]1)C(C)C. The molecular formula is C56H66N8O6. The lowest BCUT2D eigenvalue weighted by Gasteiger charge is -2.30. The van der Waals surface area contributed by atoms with Crippen molar-refractivity contribution in [2.75, 3.05) is 27.3 Å². The fourth-order valence-electron chi connectivity index (χ4n) is 13.5.